The molecule has 0 spiro atoms. The Labute approximate surface area is 250 Å². The number of carbonyl (C=O) groups is 2. The first-order valence-electron chi connectivity index (χ1n) is 15.0. The molecule has 2 N–H and O–H groups in total. The quantitative estimate of drug-likeness (QED) is 0.241. The van der Waals surface area contributed by atoms with Gasteiger partial charge in [-0.1, -0.05) is 88.4 Å². The molecule has 2 saturated carbocycles. The number of aliphatic hydroxyl groups excluding tert-OH is 2. The van der Waals surface area contributed by atoms with Gasteiger partial charge in [-0.15, -0.1) is 0 Å². The van der Waals surface area contributed by atoms with E-state index in [-0.39, 0.29) is 57.9 Å². The molecule has 4 rings (SSSR count). The molecule has 2 aromatic carbocycles. The maximum Gasteiger partial charge on any atom is 0.168 e. The second kappa shape index (κ2) is 13.5. The van der Waals surface area contributed by atoms with Gasteiger partial charge in [-0.05, 0) is 47.6 Å². The molecular formula is C36H44N2O4. The highest BCUT2D eigenvalue weighted by molar-refractivity contribution is 6.25. The second-order valence-electron chi connectivity index (χ2n) is 13.2. The summed E-state index contributed by atoms with van der Waals surface area (Å²) in [4.78, 5) is 36.0. The zero-order valence-corrected chi connectivity index (χ0v) is 25.4. The lowest BCUT2D eigenvalue weighted by Crippen LogP contribution is -2.33. The van der Waals surface area contributed by atoms with Crippen LogP contribution in [0.25, 0.3) is 0 Å². The molecule has 6 heteroatoms. The number of hydrogen-bond donors (Lipinski definition) is 2. The van der Waals surface area contributed by atoms with Crippen LogP contribution in [0.1, 0.15) is 77.3 Å². The van der Waals surface area contributed by atoms with Crippen LogP contribution in [0.15, 0.2) is 93.3 Å². The van der Waals surface area contributed by atoms with Gasteiger partial charge in [-0.2, -0.15) is 0 Å². The van der Waals surface area contributed by atoms with Crippen LogP contribution in [0.2, 0.25) is 0 Å². The summed E-state index contributed by atoms with van der Waals surface area (Å²) in [5, 5.41) is 22.3. The van der Waals surface area contributed by atoms with Crippen LogP contribution in [0.3, 0.4) is 0 Å². The lowest BCUT2D eigenvalue weighted by atomic mass is 9.72. The number of rotatable bonds is 9. The van der Waals surface area contributed by atoms with E-state index >= 15 is 0 Å². The van der Waals surface area contributed by atoms with Crippen molar-refractivity contribution in [3.63, 3.8) is 0 Å². The van der Waals surface area contributed by atoms with Gasteiger partial charge in [0, 0.05) is 50.2 Å². The van der Waals surface area contributed by atoms with Crippen molar-refractivity contribution in [3.05, 3.63) is 94.5 Å². The Bertz CT molecular complexity index is 1300. The van der Waals surface area contributed by atoms with E-state index < -0.39 is 0 Å². The van der Waals surface area contributed by atoms with E-state index in [0.717, 1.165) is 24.0 Å². The van der Waals surface area contributed by atoms with Crippen molar-refractivity contribution < 1.29 is 19.8 Å². The molecule has 0 amide bonds. The van der Waals surface area contributed by atoms with Gasteiger partial charge < -0.3 is 10.2 Å². The second-order valence-corrected chi connectivity index (χ2v) is 13.2. The molecule has 2 aliphatic carbocycles. The lowest BCUT2D eigenvalue weighted by molar-refractivity contribution is -0.118. The summed E-state index contributed by atoms with van der Waals surface area (Å²) in [5.41, 5.74) is 3.62. The minimum absolute atomic E-state index is 0.0442. The Hall–Kier alpha value is -3.80. The SMILES string of the molecule is CC1(C)CC(=O)C(=C(O)CCC(O)=C2C(=O)CC(C)(C)CC2=NCCc2ccccc2)C(=NCCc2ccccc2)C1. The predicted molar refractivity (Wildman–Crippen MR) is 169 cm³/mol. The zero-order chi connectivity index (χ0) is 30.3. The molecule has 0 heterocycles. The lowest BCUT2D eigenvalue weighted by Gasteiger charge is -2.32. The number of benzene rings is 2. The minimum atomic E-state index is -0.247. The summed E-state index contributed by atoms with van der Waals surface area (Å²) >= 11 is 0. The molecule has 0 unspecified atom stereocenters. The minimum Gasteiger partial charge on any atom is -0.511 e. The van der Waals surface area contributed by atoms with Crippen LogP contribution in [0.4, 0.5) is 0 Å². The summed E-state index contributed by atoms with van der Waals surface area (Å²) < 4.78 is 0. The summed E-state index contributed by atoms with van der Waals surface area (Å²) in [5.74, 6) is -0.416. The third-order valence-electron chi connectivity index (χ3n) is 7.97. The maximum absolute atomic E-state index is 13.2. The van der Waals surface area contributed by atoms with Gasteiger partial charge in [0.1, 0.15) is 11.5 Å². The molecule has 2 aliphatic rings. The Morgan fingerprint density at radius 1 is 0.619 bits per heavy atom. The van der Waals surface area contributed by atoms with Crippen LogP contribution in [0.5, 0.6) is 0 Å². The van der Waals surface area contributed by atoms with Crippen molar-refractivity contribution in [2.24, 2.45) is 20.8 Å². The monoisotopic (exact) mass is 568 g/mol. The third kappa shape index (κ3) is 8.37. The first-order valence-corrected chi connectivity index (χ1v) is 15.0. The van der Waals surface area contributed by atoms with Crippen LogP contribution in [-0.4, -0.2) is 46.3 Å². The molecule has 0 atom stereocenters. The fourth-order valence-corrected chi connectivity index (χ4v) is 5.92. The highest BCUT2D eigenvalue weighted by Gasteiger charge is 2.38. The molecule has 0 aliphatic heterocycles. The van der Waals surface area contributed by atoms with Gasteiger partial charge in [-0.25, -0.2) is 0 Å². The number of ketones is 2. The van der Waals surface area contributed by atoms with Crippen LogP contribution < -0.4 is 0 Å². The van der Waals surface area contributed by atoms with E-state index in [1.165, 1.54) is 0 Å². The first-order chi connectivity index (χ1) is 19.9. The predicted octanol–water partition coefficient (Wildman–Crippen LogP) is 7.54. The van der Waals surface area contributed by atoms with Crippen molar-refractivity contribution in [2.45, 2.75) is 79.1 Å². The molecule has 2 aromatic rings. The summed E-state index contributed by atoms with van der Waals surface area (Å²) in [6.45, 7) is 9.18. The largest absolute Gasteiger partial charge is 0.511 e. The number of aliphatic imine (C=N–C) groups is 2. The number of nitrogens with zero attached hydrogens (tertiary/aromatic N) is 2. The molecule has 6 nitrogen and oxygen atoms in total. The fraction of sp³-hybridized carbons (Fsp3) is 0.444. The van der Waals surface area contributed by atoms with E-state index in [1.54, 1.807) is 0 Å². The van der Waals surface area contributed by atoms with E-state index in [2.05, 4.69) is 0 Å². The molecule has 0 radical (unpaired) electrons. The van der Waals surface area contributed by atoms with Crippen molar-refractivity contribution in [1.29, 1.82) is 0 Å². The molecule has 42 heavy (non-hydrogen) atoms. The van der Waals surface area contributed by atoms with Gasteiger partial charge in [0.05, 0.1) is 11.1 Å². The van der Waals surface area contributed by atoms with E-state index in [9.17, 15) is 19.8 Å². The Balaban J connectivity index is 1.54. The molecular weight excluding hydrogens is 524 g/mol. The van der Waals surface area contributed by atoms with Gasteiger partial charge in [0.2, 0.25) is 0 Å². The normalized spacial score (nSPS) is 22.9. The van der Waals surface area contributed by atoms with E-state index in [0.29, 0.717) is 50.2 Å². The Morgan fingerprint density at radius 2 is 0.976 bits per heavy atom. The van der Waals surface area contributed by atoms with E-state index in [4.69, 9.17) is 9.98 Å². The fourth-order valence-electron chi connectivity index (χ4n) is 5.92. The smallest absolute Gasteiger partial charge is 0.168 e. The summed E-state index contributed by atoms with van der Waals surface area (Å²) in [6.07, 6.45) is 3.39. The molecule has 0 saturated heterocycles. The Morgan fingerprint density at radius 3 is 1.33 bits per heavy atom. The van der Waals surface area contributed by atoms with Gasteiger partial charge in [-0.3, -0.25) is 19.6 Å². The van der Waals surface area contributed by atoms with Crippen molar-refractivity contribution in [2.75, 3.05) is 13.1 Å². The third-order valence-corrected chi connectivity index (χ3v) is 7.97. The van der Waals surface area contributed by atoms with Crippen molar-refractivity contribution in [1.82, 2.24) is 0 Å². The molecule has 0 aromatic heterocycles. The number of hydrogen-bond acceptors (Lipinski definition) is 6. The summed E-state index contributed by atoms with van der Waals surface area (Å²) in [6, 6.07) is 20.1. The molecule has 0 bridgehead atoms. The molecule has 2 fully saturated rings. The van der Waals surface area contributed by atoms with Crippen LogP contribution in [0, 0.1) is 10.8 Å². The topological polar surface area (TPSA) is 99.3 Å². The van der Waals surface area contributed by atoms with E-state index in [1.807, 2.05) is 88.4 Å². The standard InChI is InChI=1S/C36H44N2O4/c1-35(2)21-27(37-19-17-25-11-7-5-8-12-25)33(31(41)23-35)29(39)15-16-30(40)34-28(22-36(3,4)24-32(34)42)38-20-18-26-13-9-6-10-14-26/h5-14,39-40H,15-24H2,1-4H3. The average molecular weight is 569 g/mol. The maximum atomic E-state index is 13.2. The highest BCUT2D eigenvalue weighted by atomic mass is 16.3. The van der Waals surface area contributed by atoms with Gasteiger partial charge in [0.15, 0.2) is 11.6 Å². The Kier molecular flexibility index (Phi) is 9.97. The first kappa shape index (κ1) is 31.1. The zero-order valence-electron chi connectivity index (χ0n) is 25.4. The van der Waals surface area contributed by atoms with Gasteiger partial charge >= 0.3 is 0 Å². The van der Waals surface area contributed by atoms with Crippen LogP contribution >= 0.6 is 0 Å². The number of aliphatic hydroxyl groups is 2. The summed E-state index contributed by atoms with van der Waals surface area (Å²) in [7, 11) is 0. The van der Waals surface area contributed by atoms with Crippen molar-refractivity contribution >= 4 is 23.0 Å². The number of Topliss-reactive ketones (excluding diaryl/α,β-unsaturated/α-hetero) is 2. The molecule has 222 valence electrons. The van der Waals surface area contributed by atoms with Gasteiger partial charge in [0.25, 0.3) is 0 Å². The van der Waals surface area contributed by atoms with Crippen molar-refractivity contribution in [3.8, 4) is 0 Å². The highest BCUT2D eigenvalue weighted by Crippen LogP contribution is 2.38. The number of carbonyl (C=O) groups excluding carboxylic acids is 2. The van der Waals surface area contributed by atoms with Crippen LogP contribution in [-0.2, 0) is 22.4 Å². The number of allylic oxidation sites excluding steroid dienone is 4. The average Bonchev–Trinajstić information content (AvgIpc) is 2.91.